The van der Waals surface area contributed by atoms with Gasteiger partial charge in [-0.2, -0.15) is 0 Å². The molecule has 0 bridgehead atoms. The first-order valence-electron chi connectivity index (χ1n) is 5.40. The number of rotatable bonds is 2. The molecular formula is C10H16N4OS. The SMILES string of the molecule is Nc1cc(N)nc(SC2CCCCC2O)n1. The first-order valence-corrected chi connectivity index (χ1v) is 6.28. The van der Waals surface area contributed by atoms with Gasteiger partial charge < -0.3 is 16.6 Å². The maximum Gasteiger partial charge on any atom is 0.191 e. The van der Waals surface area contributed by atoms with Crippen molar-refractivity contribution >= 4 is 23.4 Å². The molecule has 5 nitrogen and oxygen atoms in total. The highest BCUT2D eigenvalue weighted by Gasteiger charge is 2.25. The predicted molar refractivity (Wildman–Crippen MR) is 65.0 cm³/mol. The summed E-state index contributed by atoms with van der Waals surface area (Å²) in [6.45, 7) is 0. The lowest BCUT2D eigenvalue weighted by atomic mass is 9.97. The summed E-state index contributed by atoms with van der Waals surface area (Å²) in [5.41, 5.74) is 11.2. The van der Waals surface area contributed by atoms with E-state index in [1.54, 1.807) is 0 Å². The van der Waals surface area contributed by atoms with Crippen LogP contribution in [0.5, 0.6) is 0 Å². The minimum atomic E-state index is -0.273. The summed E-state index contributed by atoms with van der Waals surface area (Å²) in [5.74, 6) is 0.751. The Morgan fingerprint density at radius 2 is 1.81 bits per heavy atom. The second-order valence-electron chi connectivity index (χ2n) is 4.01. The topological polar surface area (TPSA) is 98.1 Å². The lowest BCUT2D eigenvalue weighted by Gasteiger charge is -2.26. The molecule has 0 saturated heterocycles. The van der Waals surface area contributed by atoms with Crippen LogP contribution in [0.15, 0.2) is 11.2 Å². The zero-order valence-corrected chi connectivity index (χ0v) is 9.78. The van der Waals surface area contributed by atoms with E-state index in [4.69, 9.17) is 11.5 Å². The average molecular weight is 240 g/mol. The molecule has 0 amide bonds. The molecule has 1 aromatic heterocycles. The zero-order valence-electron chi connectivity index (χ0n) is 8.97. The average Bonchev–Trinajstić information content (AvgIpc) is 2.20. The van der Waals surface area contributed by atoms with Crippen molar-refractivity contribution in [2.45, 2.75) is 42.2 Å². The second-order valence-corrected chi connectivity index (χ2v) is 5.21. The molecule has 5 N–H and O–H groups in total. The predicted octanol–water partition coefficient (Wildman–Crippen LogP) is 1.04. The Balaban J connectivity index is 2.07. The molecule has 0 aliphatic heterocycles. The van der Waals surface area contributed by atoms with Crippen LogP contribution in [0.3, 0.4) is 0 Å². The van der Waals surface area contributed by atoms with Crippen LogP contribution in [0.1, 0.15) is 25.7 Å². The van der Waals surface area contributed by atoms with Gasteiger partial charge in [0.2, 0.25) is 0 Å². The molecule has 1 heterocycles. The maximum atomic E-state index is 9.83. The Hall–Kier alpha value is -1.01. The van der Waals surface area contributed by atoms with Gasteiger partial charge in [-0.25, -0.2) is 9.97 Å². The van der Waals surface area contributed by atoms with Gasteiger partial charge >= 0.3 is 0 Å². The molecule has 6 heteroatoms. The van der Waals surface area contributed by atoms with Gasteiger partial charge in [-0.15, -0.1) is 0 Å². The van der Waals surface area contributed by atoms with Gasteiger partial charge in [-0.1, -0.05) is 24.6 Å². The fourth-order valence-electron chi connectivity index (χ4n) is 1.86. The molecule has 0 spiro atoms. The number of aliphatic hydroxyl groups excluding tert-OH is 1. The van der Waals surface area contributed by atoms with Crippen LogP contribution in [0.4, 0.5) is 11.6 Å². The van der Waals surface area contributed by atoms with Gasteiger partial charge in [0.05, 0.1) is 6.10 Å². The van der Waals surface area contributed by atoms with Crippen molar-refractivity contribution in [1.29, 1.82) is 0 Å². The molecule has 2 rings (SSSR count). The summed E-state index contributed by atoms with van der Waals surface area (Å²) in [7, 11) is 0. The van der Waals surface area contributed by atoms with E-state index in [1.165, 1.54) is 17.8 Å². The van der Waals surface area contributed by atoms with E-state index in [0.29, 0.717) is 16.8 Å². The molecule has 2 atom stereocenters. The van der Waals surface area contributed by atoms with Crippen molar-refractivity contribution in [2.24, 2.45) is 0 Å². The number of aromatic nitrogens is 2. The molecule has 1 saturated carbocycles. The molecule has 1 aliphatic carbocycles. The molecule has 1 fully saturated rings. The quantitative estimate of drug-likeness (QED) is 0.668. The van der Waals surface area contributed by atoms with E-state index in [1.807, 2.05) is 0 Å². The number of hydrogen-bond acceptors (Lipinski definition) is 6. The van der Waals surface area contributed by atoms with Crippen molar-refractivity contribution in [3.05, 3.63) is 6.07 Å². The standard InChI is InChI=1S/C10H16N4OS/c11-8-5-9(12)14-10(13-8)16-7-4-2-1-3-6(7)15/h5-7,15H,1-4H2,(H4,11,12,13,14). The van der Waals surface area contributed by atoms with E-state index in [9.17, 15) is 5.11 Å². The number of hydrogen-bond donors (Lipinski definition) is 3. The highest BCUT2D eigenvalue weighted by Crippen LogP contribution is 2.32. The summed E-state index contributed by atoms with van der Waals surface area (Å²) >= 11 is 1.47. The van der Waals surface area contributed by atoms with E-state index >= 15 is 0 Å². The third kappa shape index (κ3) is 2.76. The Morgan fingerprint density at radius 3 is 2.44 bits per heavy atom. The maximum absolute atomic E-state index is 9.83. The Kier molecular flexibility index (Phi) is 3.50. The largest absolute Gasteiger partial charge is 0.392 e. The Labute approximate surface area is 98.7 Å². The van der Waals surface area contributed by atoms with Gasteiger partial charge in [-0.3, -0.25) is 0 Å². The van der Waals surface area contributed by atoms with E-state index < -0.39 is 0 Å². The number of nitrogens with two attached hydrogens (primary N) is 2. The van der Waals surface area contributed by atoms with Gasteiger partial charge in [0.25, 0.3) is 0 Å². The van der Waals surface area contributed by atoms with Crippen molar-refractivity contribution < 1.29 is 5.11 Å². The van der Waals surface area contributed by atoms with Crippen molar-refractivity contribution in [3.63, 3.8) is 0 Å². The van der Waals surface area contributed by atoms with Crippen LogP contribution >= 0.6 is 11.8 Å². The second kappa shape index (κ2) is 4.88. The molecular weight excluding hydrogens is 224 g/mol. The van der Waals surface area contributed by atoms with Crippen LogP contribution in [0.2, 0.25) is 0 Å². The van der Waals surface area contributed by atoms with Gasteiger partial charge in [0, 0.05) is 11.3 Å². The molecule has 0 radical (unpaired) electrons. The third-order valence-electron chi connectivity index (χ3n) is 2.67. The summed E-state index contributed by atoms with van der Waals surface area (Å²) in [4.78, 5) is 8.20. The van der Waals surface area contributed by atoms with Crippen molar-refractivity contribution in [2.75, 3.05) is 11.5 Å². The monoisotopic (exact) mass is 240 g/mol. The molecule has 1 aliphatic rings. The van der Waals surface area contributed by atoms with Crippen molar-refractivity contribution in [1.82, 2.24) is 9.97 Å². The summed E-state index contributed by atoms with van der Waals surface area (Å²) in [6, 6.07) is 1.53. The van der Waals surface area contributed by atoms with Gasteiger partial charge in [-0.05, 0) is 12.8 Å². The minimum Gasteiger partial charge on any atom is -0.392 e. The summed E-state index contributed by atoms with van der Waals surface area (Å²) in [6.07, 6.45) is 3.81. The third-order valence-corrected chi connectivity index (χ3v) is 3.92. The Bertz CT molecular complexity index is 354. The van der Waals surface area contributed by atoms with Crippen LogP contribution in [-0.4, -0.2) is 26.4 Å². The van der Waals surface area contributed by atoms with Gasteiger partial charge in [0.1, 0.15) is 11.6 Å². The van der Waals surface area contributed by atoms with E-state index in [-0.39, 0.29) is 11.4 Å². The number of nitrogen functional groups attached to an aromatic ring is 2. The minimum absolute atomic E-state index is 0.162. The van der Waals surface area contributed by atoms with E-state index in [0.717, 1.165) is 25.7 Å². The summed E-state index contributed by atoms with van der Waals surface area (Å²) < 4.78 is 0. The first-order chi connectivity index (χ1) is 7.65. The molecule has 2 unspecified atom stereocenters. The van der Waals surface area contributed by atoms with Gasteiger partial charge in [0.15, 0.2) is 5.16 Å². The lowest BCUT2D eigenvalue weighted by molar-refractivity contribution is 0.137. The molecule has 0 aromatic carbocycles. The molecule has 16 heavy (non-hydrogen) atoms. The fraction of sp³-hybridized carbons (Fsp3) is 0.600. The molecule has 1 aromatic rings. The first kappa shape index (κ1) is 11.5. The number of thioether (sulfide) groups is 1. The van der Waals surface area contributed by atoms with E-state index in [2.05, 4.69) is 9.97 Å². The normalized spacial score (nSPS) is 25.6. The number of anilines is 2. The highest BCUT2D eigenvalue weighted by molar-refractivity contribution is 7.99. The molecule has 88 valence electrons. The fourth-order valence-corrected chi connectivity index (χ4v) is 3.03. The van der Waals surface area contributed by atoms with Crippen molar-refractivity contribution in [3.8, 4) is 0 Å². The highest BCUT2D eigenvalue weighted by atomic mass is 32.2. The summed E-state index contributed by atoms with van der Waals surface area (Å²) in [5, 5.41) is 10.6. The van der Waals surface area contributed by atoms with Crippen LogP contribution < -0.4 is 11.5 Å². The van der Waals surface area contributed by atoms with Crippen LogP contribution in [-0.2, 0) is 0 Å². The number of nitrogens with zero attached hydrogens (tertiary/aromatic N) is 2. The smallest absolute Gasteiger partial charge is 0.191 e. The van der Waals surface area contributed by atoms with Crippen LogP contribution in [0, 0.1) is 0 Å². The van der Waals surface area contributed by atoms with Crippen LogP contribution in [0.25, 0.3) is 0 Å². The lowest BCUT2D eigenvalue weighted by Crippen LogP contribution is -2.27. The number of aliphatic hydroxyl groups is 1. The zero-order chi connectivity index (χ0) is 11.5. The Morgan fingerprint density at radius 1 is 1.19 bits per heavy atom.